The van der Waals surface area contributed by atoms with Gasteiger partial charge in [-0.2, -0.15) is 11.3 Å². The summed E-state index contributed by atoms with van der Waals surface area (Å²) in [5.74, 6) is 0.741. The molecule has 0 saturated carbocycles. The second-order valence-electron chi connectivity index (χ2n) is 3.43. The molecule has 6 heteroatoms. The van der Waals surface area contributed by atoms with Gasteiger partial charge in [-0.1, -0.05) is 0 Å². The second-order valence-corrected chi connectivity index (χ2v) is 4.21. The van der Waals surface area contributed by atoms with E-state index < -0.39 is 0 Å². The van der Waals surface area contributed by atoms with Gasteiger partial charge in [0.05, 0.1) is 6.04 Å². The summed E-state index contributed by atoms with van der Waals surface area (Å²) in [4.78, 5) is 0. The lowest BCUT2D eigenvalue weighted by atomic mass is 10.2. The van der Waals surface area contributed by atoms with Crippen molar-refractivity contribution in [3.05, 3.63) is 28.2 Å². The molecule has 0 aromatic carbocycles. The summed E-state index contributed by atoms with van der Waals surface area (Å²) in [5, 5.41) is 15.6. The fourth-order valence-electron chi connectivity index (χ4n) is 1.37. The van der Waals surface area contributed by atoms with Crippen LogP contribution in [0.2, 0.25) is 0 Å². The van der Waals surface area contributed by atoms with E-state index in [1.165, 1.54) is 5.56 Å². The van der Waals surface area contributed by atoms with Gasteiger partial charge >= 0.3 is 0 Å². The molecule has 2 heterocycles. The number of nitrogens with zero attached hydrogens (tertiary/aromatic N) is 4. The predicted molar refractivity (Wildman–Crippen MR) is 58.4 cm³/mol. The number of nitrogens with two attached hydrogens (primary N) is 1. The highest BCUT2D eigenvalue weighted by molar-refractivity contribution is 7.07. The Morgan fingerprint density at radius 2 is 2.47 bits per heavy atom. The highest BCUT2D eigenvalue weighted by atomic mass is 32.1. The summed E-state index contributed by atoms with van der Waals surface area (Å²) < 4.78 is 1.77. The molecule has 0 amide bonds. The number of aryl methyl sites for hydroxylation is 2. The molecule has 0 bridgehead atoms. The van der Waals surface area contributed by atoms with Crippen LogP contribution in [0.5, 0.6) is 0 Å². The topological polar surface area (TPSA) is 69.6 Å². The van der Waals surface area contributed by atoms with Gasteiger partial charge in [0.25, 0.3) is 0 Å². The van der Waals surface area contributed by atoms with E-state index >= 15 is 0 Å². The first-order valence-electron chi connectivity index (χ1n) is 4.80. The van der Waals surface area contributed by atoms with Crippen molar-refractivity contribution in [1.29, 1.82) is 0 Å². The zero-order chi connectivity index (χ0) is 10.7. The van der Waals surface area contributed by atoms with Crippen LogP contribution in [0.15, 0.2) is 16.8 Å². The van der Waals surface area contributed by atoms with Gasteiger partial charge in [0.15, 0.2) is 5.82 Å². The summed E-state index contributed by atoms with van der Waals surface area (Å²) in [6.45, 7) is 2.66. The largest absolute Gasteiger partial charge is 0.322 e. The zero-order valence-electron chi connectivity index (χ0n) is 8.50. The predicted octanol–water partition coefficient (Wildman–Crippen LogP) is 0.997. The summed E-state index contributed by atoms with van der Waals surface area (Å²) in [7, 11) is 0. The van der Waals surface area contributed by atoms with Crippen LogP contribution in [-0.4, -0.2) is 20.2 Å². The summed E-state index contributed by atoms with van der Waals surface area (Å²) in [6, 6.07) is 1.99. The molecular formula is C9H13N5S. The van der Waals surface area contributed by atoms with Crippen LogP contribution < -0.4 is 5.73 Å². The first-order chi connectivity index (χ1) is 7.27. The fraction of sp³-hybridized carbons (Fsp3) is 0.444. The number of rotatable bonds is 4. The van der Waals surface area contributed by atoms with Gasteiger partial charge in [-0.05, 0) is 46.2 Å². The van der Waals surface area contributed by atoms with Crippen LogP contribution in [0.3, 0.4) is 0 Å². The zero-order valence-corrected chi connectivity index (χ0v) is 9.31. The third-order valence-electron chi connectivity index (χ3n) is 2.16. The molecule has 1 atom stereocenters. The van der Waals surface area contributed by atoms with Gasteiger partial charge in [-0.15, -0.1) is 5.10 Å². The number of tetrazole rings is 1. The van der Waals surface area contributed by atoms with E-state index in [2.05, 4.69) is 32.4 Å². The molecule has 0 aliphatic rings. The first kappa shape index (κ1) is 10.3. The molecule has 0 spiro atoms. The summed E-state index contributed by atoms with van der Waals surface area (Å²) >= 11 is 1.70. The molecule has 2 rings (SSSR count). The second kappa shape index (κ2) is 4.50. The minimum atomic E-state index is -0.123. The maximum Gasteiger partial charge on any atom is 0.167 e. The molecule has 2 aromatic heterocycles. The molecule has 0 saturated heterocycles. The third-order valence-corrected chi connectivity index (χ3v) is 2.89. The van der Waals surface area contributed by atoms with E-state index in [9.17, 15) is 0 Å². The molecule has 0 aliphatic heterocycles. The Labute approximate surface area is 91.9 Å². The average Bonchev–Trinajstić information content (AvgIpc) is 2.86. The average molecular weight is 223 g/mol. The monoisotopic (exact) mass is 223 g/mol. The van der Waals surface area contributed by atoms with Crippen molar-refractivity contribution in [3.8, 4) is 0 Å². The van der Waals surface area contributed by atoms with E-state index in [0.717, 1.165) is 18.8 Å². The maximum absolute atomic E-state index is 5.75. The van der Waals surface area contributed by atoms with E-state index in [0.29, 0.717) is 0 Å². The standard InChI is InChI=1S/C9H13N5S/c1-7(10)9-11-12-13-14(9)4-2-8-3-5-15-6-8/h3,5-7H,2,4,10H2,1H3. The van der Waals surface area contributed by atoms with Crippen LogP contribution in [-0.2, 0) is 13.0 Å². The van der Waals surface area contributed by atoms with Crippen molar-refractivity contribution in [2.75, 3.05) is 0 Å². The SMILES string of the molecule is CC(N)c1nnnn1CCc1ccsc1. The van der Waals surface area contributed by atoms with Gasteiger partial charge in [0, 0.05) is 6.54 Å². The molecule has 15 heavy (non-hydrogen) atoms. The van der Waals surface area contributed by atoms with E-state index in [-0.39, 0.29) is 6.04 Å². The van der Waals surface area contributed by atoms with Gasteiger partial charge in [0.2, 0.25) is 0 Å². The Balaban J connectivity index is 2.02. The Morgan fingerprint density at radius 1 is 1.60 bits per heavy atom. The first-order valence-corrected chi connectivity index (χ1v) is 5.74. The minimum Gasteiger partial charge on any atom is -0.322 e. The lowest BCUT2D eigenvalue weighted by Crippen LogP contribution is -2.15. The quantitative estimate of drug-likeness (QED) is 0.839. The lowest BCUT2D eigenvalue weighted by Gasteiger charge is -2.05. The van der Waals surface area contributed by atoms with Gasteiger partial charge in [0.1, 0.15) is 0 Å². The summed E-state index contributed by atoms with van der Waals surface area (Å²) in [5.41, 5.74) is 7.06. The maximum atomic E-state index is 5.75. The Kier molecular flexibility index (Phi) is 3.08. The highest BCUT2D eigenvalue weighted by Crippen LogP contribution is 2.09. The van der Waals surface area contributed by atoms with Crippen molar-refractivity contribution in [2.45, 2.75) is 25.9 Å². The van der Waals surface area contributed by atoms with Gasteiger partial charge < -0.3 is 5.73 Å². The lowest BCUT2D eigenvalue weighted by molar-refractivity contribution is 0.543. The molecular weight excluding hydrogens is 210 g/mol. The molecule has 0 radical (unpaired) electrons. The van der Waals surface area contributed by atoms with Crippen LogP contribution in [0, 0.1) is 0 Å². The number of thiophene rings is 1. The molecule has 80 valence electrons. The van der Waals surface area contributed by atoms with Crippen molar-refractivity contribution < 1.29 is 0 Å². The number of hydrogen-bond acceptors (Lipinski definition) is 5. The molecule has 2 aromatic rings. The van der Waals surface area contributed by atoms with E-state index in [1.54, 1.807) is 16.0 Å². The van der Waals surface area contributed by atoms with Crippen molar-refractivity contribution in [2.24, 2.45) is 5.73 Å². The van der Waals surface area contributed by atoms with Crippen molar-refractivity contribution >= 4 is 11.3 Å². The number of hydrogen-bond donors (Lipinski definition) is 1. The molecule has 1 unspecified atom stereocenters. The van der Waals surface area contributed by atoms with E-state index in [1.807, 2.05) is 6.92 Å². The van der Waals surface area contributed by atoms with Crippen LogP contribution in [0.4, 0.5) is 0 Å². The van der Waals surface area contributed by atoms with Crippen molar-refractivity contribution in [1.82, 2.24) is 20.2 Å². The highest BCUT2D eigenvalue weighted by Gasteiger charge is 2.09. The normalized spacial score (nSPS) is 12.9. The molecule has 0 aliphatic carbocycles. The summed E-state index contributed by atoms with van der Waals surface area (Å²) in [6.07, 6.45) is 0.939. The smallest absolute Gasteiger partial charge is 0.167 e. The van der Waals surface area contributed by atoms with Crippen LogP contribution >= 0.6 is 11.3 Å². The molecule has 0 fully saturated rings. The fourth-order valence-corrected chi connectivity index (χ4v) is 2.07. The van der Waals surface area contributed by atoms with E-state index in [4.69, 9.17) is 5.73 Å². The van der Waals surface area contributed by atoms with Gasteiger partial charge in [-0.25, -0.2) is 4.68 Å². The van der Waals surface area contributed by atoms with Crippen LogP contribution in [0.25, 0.3) is 0 Å². The minimum absolute atomic E-state index is 0.123. The van der Waals surface area contributed by atoms with Gasteiger partial charge in [-0.3, -0.25) is 0 Å². The van der Waals surface area contributed by atoms with Crippen LogP contribution in [0.1, 0.15) is 24.4 Å². The Bertz CT molecular complexity index is 406. The Hall–Kier alpha value is -1.27. The van der Waals surface area contributed by atoms with Crippen molar-refractivity contribution in [3.63, 3.8) is 0 Å². The molecule has 5 nitrogen and oxygen atoms in total. The Morgan fingerprint density at radius 3 is 3.13 bits per heavy atom. The third kappa shape index (κ3) is 2.40. The number of aromatic nitrogens is 4. The molecule has 2 N–H and O–H groups in total.